The molecule has 0 radical (unpaired) electrons. The first-order valence-corrected chi connectivity index (χ1v) is 10.7. The monoisotopic (exact) mass is 438 g/mol. The molecule has 0 unspecified atom stereocenters. The van der Waals surface area contributed by atoms with Crippen LogP contribution in [0.3, 0.4) is 0 Å². The molecule has 0 bridgehead atoms. The average Bonchev–Trinajstić information content (AvgIpc) is 3.05. The highest BCUT2D eigenvalue weighted by molar-refractivity contribution is 7.20. The summed E-state index contributed by atoms with van der Waals surface area (Å²) >= 11 is 7.22. The van der Waals surface area contributed by atoms with Crippen molar-refractivity contribution in [2.45, 2.75) is 19.8 Å². The molecule has 0 saturated carbocycles. The lowest BCUT2D eigenvalue weighted by Crippen LogP contribution is -2.12. The predicted molar refractivity (Wildman–Crippen MR) is 120 cm³/mol. The Labute approximate surface area is 182 Å². The van der Waals surface area contributed by atoms with Gasteiger partial charge in [0, 0.05) is 17.9 Å². The van der Waals surface area contributed by atoms with E-state index in [0.29, 0.717) is 44.3 Å². The number of fused-ring (bicyclic) bond motifs is 1. The summed E-state index contributed by atoms with van der Waals surface area (Å²) in [6, 6.07) is 17.2. The highest BCUT2D eigenvalue weighted by atomic mass is 35.5. The number of carbonyl (C=O) groups is 1. The molecule has 2 aromatic carbocycles. The number of nitrogens with one attached hydrogen (secondary N) is 1. The molecule has 2 heterocycles. The molecule has 0 saturated heterocycles. The van der Waals surface area contributed by atoms with Gasteiger partial charge in [0.25, 0.3) is 5.56 Å². The van der Waals surface area contributed by atoms with Crippen molar-refractivity contribution in [2.75, 3.05) is 6.61 Å². The van der Waals surface area contributed by atoms with Crippen LogP contribution in [0.25, 0.3) is 10.2 Å². The molecule has 30 heavy (non-hydrogen) atoms. The molecular formula is C23H19ClN2O3S. The normalized spacial score (nSPS) is 11.0. The SMILES string of the molecule is Cc1c(C(=O)OCCc2ccccc2)sc2nc(Cc3cccc(Cl)c3)[nH]c(=O)c12. The van der Waals surface area contributed by atoms with Crippen LogP contribution in [-0.2, 0) is 17.6 Å². The van der Waals surface area contributed by atoms with E-state index >= 15 is 0 Å². The highest BCUT2D eigenvalue weighted by Gasteiger charge is 2.20. The van der Waals surface area contributed by atoms with Gasteiger partial charge in [0.05, 0.1) is 12.0 Å². The average molecular weight is 439 g/mol. The number of carbonyl (C=O) groups excluding carboxylic acids is 1. The lowest BCUT2D eigenvalue weighted by Gasteiger charge is -2.04. The summed E-state index contributed by atoms with van der Waals surface area (Å²) in [7, 11) is 0. The third-order valence-electron chi connectivity index (χ3n) is 4.76. The Morgan fingerprint density at radius 2 is 1.90 bits per heavy atom. The third-order valence-corrected chi connectivity index (χ3v) is 6.16. The van der Waals surface area contributed by atoms with Gasteiger partial charge in [0.15, 0.2) is 0 Å². The number of aromatic amines is 1. The first-order valence-electron chi connectivity index (χ1n) is 9.49. The fourth-order valence-corrected chi connectivity index (χ4v) is 4.59. The molecule has 0 aliphatic carbocycles. The summed E-state index contributed by atoms with van der Waals surface area (Å²) in [4.78, 5) is 33.6. The molecule has 0 spiro atoms. The predicted octanol–water partition coefficient (Wildman–Crippen LogP) is 4.94. The summed E-state index contributed by atoms with van der Waals surface area (Å²) < 4.78 is 5.44. The van der Waals surface area contributed by atoms with E-state index in [9.17, 15) is 9.59 Å². The van der Waals surface area contributed by atoms with Crippen LogP contribution in [0, 0.1) is 6.92 Å². The minimum atomic E-state index is -0.428. The van der Waals surface area contributed by atoms with Crippen molar-refractivity contribution in [2.24, 2.45) is 0 Å². The van der Waals surface area contributed by atoms with E-state index in [-0.39, 0.29) is 12.2 Å². The molecule has 0 atom stereocenters. The van der Waals surface area contributed by atoms with Crippen LogP contribution in [-0.4, -0.2) is 22.5 Å². The molecule has 2 aromatic heterocycles. The van der Waals surface area contributed by atoms with E-state index in [1.165, 1.54) is 11.3 Å². The number of benzene rings is 2. The summed E-state index contributed by atoms with van der Waals surface area (Å²) in [5, 5.41) is 1.06. The van der Waals surface area contributed by atoms with Gasteiger partial charge in [-0.3, -0.25) is 4.79 Å². The zero-order valence-corrected chi connectivity index (χ0v) is 17.8. The van der Waals surface area contributed by atoms with E-state index in [2.05, 4.69) is 9.97 Å². The lowest BCUT2D eigenvalue weighted by molar-refractivity contribution is 0.0514. The van der Waals surface area contributed by atoms with E-state index in [1.807, 2.05) is 48.5 Å². The minimum absolute atomic E-state index is 0.255. The van der Waals surface area contributed by atoms with Crippen molar-refractivity contribution in [1.29, 1.82) is 0 Å². The molecular weight excluding hydrogens is 420 g/mol. The molecule has 0 aliphatic heterocycles. The van der Waals surface area contributed by atoms with Crippen molar-refractivity contribution in [3.8, 4) is 0 Å². The summed E-state index contributed by atoms with van der Waals surface area (Å²) in [6.07, 6.45) is 1.08. The van der Waals surface area contributed by atoms with Gasteiger partial charge >= 0.3 is 5.97 Å². The number of aromatic nitrogens is 2. The fraction of sp³-hybridized carbons (Fsp3) is 0.174. The Morgan fingerprint density at radius 1 is 1.13 bits per heavy atom. The lowest BCUT2D eigenvalue weighted by atomic mass is 10.1. The molecule has 5 nitrogen and oxygen atoms in total. The first kappa shape index (κ1) is 20.3. The van der Waals surface area contributed by atoms with Crippen LogP contribution in [0.4, 0.5) is 0 Å². The number of aryl methyl sites for hydroxylation is 1. The van der Waals surface area contributed by atoms with Gasteiger partial charge in [0.2, 0.25) is 0 Å². The number of nitrogens with zero attached hydrogens (tertiary/aromatic N) is 1. The molecule has 0 fully saturated rings. The van der Waals surface area contributed by atoms with Gasteiger partial charge in [-0.25, -0.2) is 9.78 Å². The standard InChI is InChI=1S/C23H19ClN2O3S/c1-14-19-21(27)25-18(13-16-8-5-9-17(24)12-16)26-22(19)30-20(14)23(28)29-11-10-15-6-3-2-4-7-15/h2-9,12H,10-11,13H2,1H3,(H,25,26,27). The number of hydrogen-bond donors (Lipinski definition) is 1. The number of halogens is 1. The Balaban J connectivity index is 1.54. The third kappa shape index (κ3) is 4.45. The molecule has 1 N–H and O–H groups in total. The van der Waals surface area contributed by atoms with E-state index in [4.69, 9.17) is 16.3 Å². The van der Waals surface area contributed by atoms with Crippen LogP contribution in [0.2, 0.25) is 5.02 Å². The highest BCUT2D eigenvalue weighted by Crippen LogP contribution is 2.28. The van der Waals surface area contributed by atoms with Crippen LogP contribution in [0.1, 0.15) is 32.2 Å². The maximum Gasteiger partial charge on any atom is 0.348 e. The van der Waals surface area contributed by atoms with Crippen LogP contribution in [0.15, 0.2) is 59.4 Å². The van der Waals surface area contributed by atoms with Gasteiger partial charge in [-0.05, 0) is 35.7 Å². The second-order valence-corrected chi connectivity index (χ2v) is 8.36. The van der Waals surface area contributed by atoms with E-state index < -0.39 is 5.97 Å². The van der Waals surface area contributed by atoms with Gasteiger partial charge in [-0.2, -0.15) is 0 Å². The molecule has 152 valence electrons. The second-order valence-electron chi connectivity index (χ2n) is 6.93. The molecule has 0 amide bonds. The topological polar surface area (TPSA) is 72.0 Å². The van der Waals surface area contributed by atoms with Crippen LogP contribution in [0.5, 0.6) is 0 Å². The van der Waals surface area contributed by atoms with E-state index in [1.54, 1.807) is 13.0 Å². The van der Waals surface area contributed by atoms with Crippen molar-refractivity contribution in [1.82, 2.24) is 9.97 Å². The maximum atomic E-state index is 12.6. The van der Waals surface area contributed by atoms with Crippen LogP contribution >= 0.6 is 22.9 Å². The maximum absolute atomic E-state index is 12.6. The minimum Gasteiger partial charge on any atom is -0.461 e. The molecule has 0 aliphatic rings. The first-order chi connectivity index (χ1) is 14.5. The van der Waals surface area contributed by atoms with Gasteiger partial charge in [-0.15, -0.1) is 11.3 Å². The number of esters is 1. The second kappa shape index (κ2) is 8.81. The number of thiophene rings is 1. The van der Waals surface area contributed by atoms with Crippen molar-refractivity contribution >= 4 is 39.1 Å². The largest absolute Gasteiger partial charge is 0.461 e. The molecule has 4 aromatic rings. The summed E-state index contributed by atoms with van der Waals surface area (Å²) in [5.74, 6) is 0.0993. The van der Waals surface area contributed by atoms with Crippen molar-refractivity contribution in [3.05, 3.63) is 97.4 Å². The smallest absolute Gasteiger partial charge is 0.348 e. The summed E-state index contributed by atoms with van der Waals surface area (Å²) in [6.45, 7) is 2.03. The van der Waals surface area contributed by atoms with Gasteiger partial charge in [0.1, 0.15) is 15.5 Å². The Kier molecular flexibility index (Phi) is 5.97. The van der Waals surface area contributed by atoms with Crippen molar-refractivity contribution < 1.29 is 9.53 Å². The number of hydrogen-bond acceptors (Lipinski definition) is 5. The quantitative estimate of drug-likeness (QED) is 0.433. The summed E-state index contributed by atoms with van der Waals surface area (Å²) in [5.41, 5.74) is 2.39. The van der Waals surface area contributed by atoms with Gasteiger partial charge in [-0.1, -0.05) is 54.1 Å². The zero-order valence-electron chi connectivity index (χ0n) is 16.3. The molecule has 7 heteroatoms. The Morgan fingerprint density at radius 3 is 2.67 bits per heavy atom. The molecule has 4 rings (SSSR count). The van der Waals surface area contributed by atoms with E-state index in [0.717, 1.165) is 11.1 Å². The number of rotatable bonds is 6. The number of ether oxygens (including phenoxy) is 1. The fourth-order valence-electron chi connectivity index (χ4n) is 3.28. The van der Waals surface area contributed by atoms with Crippen molar-refractivity contribution in [3.63, 3.8) is 0 Å². The Bertz CT molecular complexity index is 1260. The van der Waals surface area contributed by atoms with Crippen LogP contribution < -0.4 is 5.56 Å². The number of H-pyrrole nitrogens is 1. The Hall–Kier alpha value is -2.96. The zero-order chi connectivity index (χ0) is 21.1. The van der Waals surface area contributed by atoms with Gasteiger partial charge < -0.3 is 9.72 Å².